The lowest BCUT2D eigenvalue weighted by Crippen LogP contribution is -2.55. The van der Waals surface area contributed by atoms with E-state index in [1.54, 1.807) is 11.1 Å². The fraction of sp³-hybridized carbons (Fsp3) is 0.192. The Balaban J connectivity index is 1.14. The van der Waals surface area contributed by atoms with Gasteiger partial charge in [0.25, 0.3) is 0 Å². The van der Waals surface area contributed by atoms with Crippen molar-refractivity contribution < 1.29 is 0 Å². The van der Waals surface area contributed by atoms with E-state index in [0.717, 1.165) is 23.7 Å². The number of hydrogen-bond acceptors (Lipinski definition) is 1. The maximum absolute atomic E-state index is 2.73. The van der Waals surface area contributed by atoms with Crippen molar-refractivity contribution >= 4 is 63.8 Å². The van der Waals surface area contributed by atoms with Crippen molar-refractivity contribution in [2.24, 2.45) is 23.7 Å². The normalized spacial score (nSPS) is 23.9. The highest BCUT2D eigenvalue weighted by Crippen LogP contribution is 2.70. The molecular weight excluding hydrogens is 657 g/mol. The summed E-state index contributed by atoms with van der Waals surface area (Å²) in [6.07, 6.45) is 7.06. The molecule has 9 aromatic rings. The van der Waals surface area contributed by atoms with Gasteiger partial charge in [-0.3, -0.25) is 0 Å². The van der Waals surface area contributed by atoms with Crippen LogP contribution in [0.3, 0.4) is 0 Å². The van der Waals surface area contributed by atoms with Crippen LogP contribution in [-0.2, 0) is 5.41 Å². The molecule has 1 heterocycles. The Morgan fingerprint density at radius 1 is 0.377 bits per heavy atom. The van der Waals surface area contributed by atoms with Crippen LogP contribution in [0.15, 0.2) is 146 Å². The number of hydrogen-bond donors (Lipinski definition) is 0. The lowest BCUT2D eigenvalue weighted by atomic mass is 9.43. The van der Waals surface area contributed by atoms with Gasteiger partial charge < -0.3 is 0 Å². The van der Waals surface area contributed by atoms with Crippen LogP contribution >= 0.6 is 11.3 Å². The van der Waals surface area contributed by atoms with E-state index in [0.29, 0.717) is 0 Å². The maximum Gasteiger partial charge on any atom is 0.0355 e. The molecule has 1 spiro atoms. The van der Waals surface area contributed by atoms with Crippen LogP contribution < -0.4 is 0 Å². The minimum atomic E-state index is 0.113. The number of fused-ring (bicyclic) bond motifs is 10. The summed E-state index contributed by atoms with van der Waals surface area (Å²) in [5, 5.41) is 10.8. The van der Waals surface area contributed by atoms with E-state index in [4.69, 9.17) is 0 Å². The monoisotopic (exact) mass is 694 g/mol. The summed E-state index contributed by atoms with van der Waals surface area (Å²) in [6.45, 7) is 0. The van der Waals surface area contributed by atoms with Gasteiger partial charge in [0.05, 0.1) is 0 Å². The smallest absolute Gasteiger partial charge is 0.0355 e. The fourth-order valence-electron chi connectivity index (χ4n) is 12.8. The van der Waals surface area contributed by atoms with Gasteiger partial charge in [0.15, 0.2) is 0 Å². The Kier molecular flexibility index (Phi) is 5.77. The Labute approximate surface area is 313 Å². The first-order chi connectivity index (χ1) is 26.3. The molecule has 53 heavy (non-hydrogen) atoms. The van der Waals surface area contributed by atoms with Crippen molar-refractivity contribution in [3.8, 4) is 33.4 Å². The first kappa shape index (κ1) is 29.2. The van der Waals surface area contributed by atoms with Gasteiger partial charge >= 0.3 is 0 Å². The van der Waals surface area contributed by atoms with E-state index in [1.165, 1.54) is 118 Å². The highest BCUT2D eigenvalue weighted by molar-refractivity contribution is 7.25. The zero-order valence-corrected chi connectivity index (χ0v) is 30.4. The number of rotatable bonds is 2. The van der Waals surface area contributed by atoms with Crippen molar-refractivity contribution in [3.63, 3.8) is 0 Å². The molecule has 252 valence electrons. The average Bonchev–Trinajstić information content (AvgIpc) is 3.72. The standard InChI is InChI=1S/C52H38S/c1-2-13-37-35(11-1)44(29-46-51(37)42-18-7-9-19-45(42)52(46)33-24-30-23-31(26-33)27-34(52)25-30)50-40-16-5-3-14-38(40)49(39-15-4-6-17-41(39)50)32-21-22-48-43(28-32)36-12-8-10-20-47(36)53-48/h1-22,28-31,33-34H,23-27H2. The highest BCUT2D eigenvalue weighted by Gasteiger charge is 2.61. The van der Waals surface area contributed by atoms with E-state index in [9.17, 15) is 0 Å². The van der Waals surface area contributed by atoms with Crippen molar-refractivity contribution in [1.82, 2.24) is 0 Å². The summed E-state index contributed by atoms with van der Waals surface area (Å²) in [4.78, 5) is 0. The quantitative estimate of drug-likeness (QED) is 0.158. The molecule has 0 N–H and O–H groups in total. The number of benzene rings is 8. The molecular formula is C52H38S. The molecule has 1 aromatic heterocycles. The molecule has 5 aliphatic rings. The summed E-state index contributed by atoms with van der Waals surface area (Å²) in [7, 11) is 0. The van der Waals surface area contributed by atoms with E-state index < -0.39 is 0 Å². The van der Waals surface area contributed by atoms with E-state index in [2.05, 4.69) is 146 Å². The van der Waals surface area contributed by atoms with Crippen LogP contribution in [0.5, 0.6) is 0 Å². The van der Waals surface area contributed by atoms with Gasteiger partial charge in [-0.1, -0.05) is 121 Å². The van der Waals surface area contributed by atoms with Gasteiger partial charge in [-0.25, -0.2) is 0 Å². The summed E-state index contributed by atoms with van der Waals surface area (Å²) in [5.41, 5.74) is 11.8. The second-order valence-corrected chi connectivity index (χ2v) is 17.8. The largest absolute Gasteiger partial charge is 0.135 e. The van der Waals surface area contributed by atoms with E-state index in [-0.39, 0.29) is 5.41 Å². The minimum absolute atomic E-state index is 0.113. The first-order valence-corrected chi connectivity index (χ1v) is 20.6. The van der Waals surface area contributed by atoms with Crippen LogP contribution in [0.2, 0.25) is 0 Å². The third kappa shape index (κ3) is 3.72. The molecule has 5 aliphatic carbocycles. The maximum atomic E-state index is 2.73. The molecule has 4 bridgehead atoms. The summed E-state index contributed by atoms with van der Waals surface area (Å²) in [6, 6.07) is 56.3. The fourth-order valence-corrected chi connectivity index (χ4v) is 13.9. The van der Waals surface area contributed by atoms with Gasteiger partial charge in [0.2, 0.25) is 0 Å². The molecule has 0 atom stereocenters. The van der Waals surface area contributed by atoms with Crippen LogP contribution in [-0.4, -0.2) is 0 Å². The predicted molar refractivity (Wildman–Crippen MR) is 226 cm³/mol. The van der Waals surface area contributed by atoms with Gasteiger partial charge in [0.1, 0.15) is 0 Å². The second-order valence-electron chi connectivity index (χ2n) is 16.8. The molecule has 0 amide bonds. The molecule has 0 radical (unpaired) electrons. The van der Waals surface area contributed by atoms with Gasteiger partial charge in [-0.15, -0.1) is 11.3 Å². The van der Waals surface area contributed by atoms with Crippen LogP contribution in [0.1, 0.15) is 43.2 Å². The molecule has 0 saturated heterocycles. The van der Waals surface area contributed by atoms with Crippen molar-refractivity contribution in [3.05, 3.63) is 157 Å². The molecule has 4 saturated carbocycles. The molecule has 4 fully saturated rings. The first-order valence-electron chi connectivity index (χ1n) is 19.8. The minimum Gasteiger partial charge on any atom is -0.135 e. The Morgan fingerprint density at radius 2 is 0.906 bits per heavy atom. The zero-order valence-electron chi connectivity index (χ0n) is 29.6. The Hall–Kier alpha value is -5.24. The summed E-state index contributed by atoms with van der Waals surface area (Å²) >= 11 is 1.90. The van der Waals surface area contributed by atoms with Crippen LogP contribution in [0.25, 0.3) is 85.9 Å². The van der Waals surface area contributed by atoms with Crippen molar-refractivity contribution in [1.29, 1.82) is 0 Å². The van der Waals surface area contributed by atoms with Crippen molar-refractivity contribution in [2.45, 2.75) is 37.5 Å². The molecule has 8 aromatic carbocycles. The predicted octanol–water partition coefficient (Wildman–Crippen LogP) is 14.6. The number of thiophene rings is 1. The molecule has 0 nitrogen and oxygen atoms in total. The second kappa shape index (κ2) is 10.5. The molecule has 14 rings (SSSR count). The zero-order chi connectivity index (χ0) is 34.4. The molecule has 0 unspecified atom stereocenters. The third-order valence-corrected chi connectivity index (χ3v) is 15.6. The molecule has 1 heteroatoms. The van der Waals surface area contributed by atoms with Crippen molar-refractivity contribution in [2.75, 3.05) is 0 Å². The van der Waals surface area contributed by atoms with Gasteiger partial charge in [-0.05, 0) is 157 Å². The highest BCUT2D eigenvalue weighted by atomic mass is 32.1. The Bertz CT molecular complexity index is 2940. The average molecular weight is 695 g/mol. The van der Waals surface area contributed by atoms with Gasteiger partial charge in [0, 0.05) is 25.6 Å². The van der Waals surface area contributed by atoms with Crippen LogP contribution in [0, 0.1) is 23.7 Å². The topological polar surface area (TPSA) is 0 Å². The summed E-state index contributed by atoms with van der Waals surface area (Å²) < 4.78 is 2.71. The summed E-state index contributed by atoms with van der Waals surface area (Å²) in [5.74, 6) is 3.31. The Morgan fingerprint density at radius 3 is 1.58 bits per heavy atom. The van der Waals surface area contributed by atoms with E-state index in [1.807, 2.05) is 11.3 Å². The van der Waals surface area contributed by atoms with Crippen LogP contribution in [0.4, 0.5) is 0 Å². The lowest BCUT2D eigenvalue weighted by Gasteiger charge is -2.61. The SMILES string of the molecule is c1ccc2c(c1)-c1c(cc(-c3c4ccccc4c(-c4ccc5sc6ccccc6c5c4)c4ccccc34)c3ccccc13)C21C2CC3CC(C2)CC1C3. The van der Waals surface area contributed by atoms with Gasteiger partial charge in [-0.2, -0.15) is 0 Å². The van der Waals surface area contributed by atoms with E-state index >= 15 is 0 Å². The lowest BCUT2D eigenvalue weighted by molar-refractivity contribution is -0.0399. The third-order valence-electron chi connectivity index (χ3n) is 14.4. The molecule has 0 aliphatic heterocycles.